The second-order valence-electron chi connectivity index (χ2n) is 4.74. The number of aliphatic hydroxyl groups is 4. The molecule has 1 aliphatic heterocycles. The number of anilines is 1. The van der Waals surface area contributed by atoms with Crippen LogP contribution < -0.4 is 5.73 Å². The molecule has 0 spiro atoms. The number of hydrogen-bond donors (Lipinski definition) is 5. The molecule has 2 aromatic rings. The van der Waals surface area contributed by atoms with E-state index < -0.39 is 31.1 Å². The predicted octanol–water partition coefficient (Wildman–Crippen LogP) is -2.49. The molecule has 10 nitrogen and oxygen atoms in total. The van der Waals surface area contributed by atoms with Gasteiger partial charge >= 0.3 is 0 Å². The highest BCUT2D eigenvalue weighted by atomic mass is 16.6. The highest BCUT2D eigenvalue weighted by Gasteiger charge is 2.44. The molecule has 0 aliphatic carbocycles. The van der Waals surface area contributed by atoms with E-state index in [9.17, 15) is 15.3 Å². The Morgan fingerprint density at radius 1 is 1.24 bits per heavy atom. The zero-order valence-corrected chi connectivity index (χ0v) is 10.9. The van der Waals surface area contributed by atoms with E-state index >= 15 is 0 Å². The van der Waals surface area contributed by atoms with E-state index in [-0.39, 0.29) is 23.9 Å². The molecule has 0 unspecified atom stereocenters. The lowest BCUT2D eigenvalue weighted by molar-refractivity contribution is -0.0511. The van der Waals surface area contributed by atoms with Crippen LogP contribution in [-0.2, 0) is 11.3 Å². The van der Waals surface area contributed by atoms with E-state index in [1.54, 1.807) is 0 Å². The number of aliphatic hydroxyl groups excluding tert-OH is 4. The minimum Gasteiger partial charge on any atom is -0.394 e. The van der Waals surface area contributed by atoms with Crippen LogP contribution in [-0.4, -0.2) is 64.9 Å². The summed E-state index contributed by atoms with van der Waals surface area (Å²) in [6.45, 7) is -0.795. The highest BCUT2D eigenvalue weighted by molar-refractivity contribution is 5.74. The Labute approximate surface area is 118 Å². The SMILES string of the molecule is Nc1nc(CO)c2ncn([C@@H]3O[C@H](CO)[C@@H](O)[C@H]3O)c2n1. The summed E-state index contributed by atoms with van der Waals surface area (Å²) < 4.78 is 6.80. The van der Waals surface area contributed by atoms with E-state index in [4.69, 9.17) is 15.6 Å². The molecular formula is C11H15N5O5. The smallest absolute Gasteiger partial charge is 0.222 e. The molecule has 2 aromatic heterocycles. The van der Waals surface area contributed by atoms with Crippen molar-refractivity contribution in [1.29, 1.82) is 0 Å². The summed E-state index contributed by atoms with van der Waals surface area (Å²) in [6, 6.07) is 0. The summed E-state index contributed by atoms with van der Waals surface area (Å²) in [5.41, 5.74) is 6.42. The third-order valence-corrected chi connectivity index (χ3v) is 3.45. The number of imidazole rings is 1. The van der Waals surface area contributed by atoms with Gasteiger partial charge in [0, 0.05) is 0 Å². The monoisotopic (exact) mass is 297 g/mol. The molecule has 10 heteroatoms. The summed E-state index contributed by atoms with van der Waals surface area (Å²) in [6.07, 6.45) is -3.01. The van der Waals surface area contributed by atoms with Gasteiger partial charge in [0.25, 0.3) is 0 Å². The fourth-order valence-electron chi connectivity index (χ4n) is 2.40. The van der Waals surface area contributed by atoms with Crippen LogP contribution in [0.4, 0.5) is 5.95 Å². The average molecular weight is 297 g/mol. The molecule has 21 heavy (non-hydrogen) atoms. The molecule has 1 aliphatic rings. The van der Waals surface area contributed by atoms with Crippen molar-refractivity contribution in [2.45, 2.75) is 31.1 Å². The summed E-state index contributed by atoms with van der Waals surface area (Å²) in [4.78, 5) is 12.0. The Morgan fingerprint density at radius 3 is 2.62 bits per heavy atom. The van der Waals surface area contributed by atoms with Crippen LogP contribution >= 0.6 is 0 Å². The molecule has 3 heterocycles. The summed E-state index contributed by atoms with van der Waals surface area (Å²) in [5, 5.41) is 38.2. The van der Waals surface area contributed by atoms with Crippen molar-refractivity contribution in [3.8, 4) is 0 Å². The molecular weight excluding hydrogens is 282 g/mol. The van der Waals surface area contributed by atoms with Crippen LogP contribution in [0.2, 0.25) is 0 Å². The van der Waals surface area contributed by atoms with E-state index in [1.165, 1.54) is 10.9 Å². The Bertz CT molecular complexity index is 662. The number of hydrogen-bond acceptors (Lipinski definition) is 9. The van der Waals surface area contributed by atoms with E-state index in [2.05, 4.69) is 15.0 Å². The van der Waals surface area contributed by atoms with E-state index in [0.717, 1.165) is 0 Å². The van der Waals surface area contributed by atoms with Gasteiger partial charge in [-0.3, -0.25) is 4.57 Å². The lowest BCUT2D eigenvalue weighted by Gasteiger charge is -2.16. The van der Waals surface area contributed by atoms with Crippen LogP contribution in [0.5, 0.6) is 0 Å². The minimum atomic E-state index is -1.26. The minimum absolute atomic E-state index is 0.0555. The van der Waals surface area contributed by atoms with Gasteiger partial charge in [-0.25, -0.2) is 9.97 Å². The first-order valence-electron chi connectivity index (χ1n) is 6.29. The van der Waals surface area contributed by atoms with Gasteiger partial charge in [0.15, 0.2) is 11.9 Å². The van der Waals surface area contributed by atoms with Crippen molar-refractivity contribution in [2.75, 3.05) is 12.3 Å². The van der Waals surface area contributed by atoms with Gasteiger partial charge in [-0.1, -0.05) is 0 Å². The third-order valence-electron chi connectivity index (χ3n) is 3.45. The summed E-state index contributed by atoms with van der Waals surface area (Å²) >= 11 is 0. The maximum atomic E-state index is 10.0. The second kappa shape index (κ2) is 5.16. The van der Waals surface area contributed by atoms with Gasteiger partial charge < -0.3 is 30.9 Å². The van der Waals surface area contributed by atoms with Crippen LogP contribution in [0.25, 0.3) is 11.2 Å². The number of nitrogens with two attached hydrogens (primary N) is 1. The van der Waals surface area contributed by atoms with Gasteiger partial charge in [0.05, 0.1) is 25.2 Å². The van der Waals surface area contributed by atoms with Gasteiger partial charge in [-0.05, 0) is 0 Å². The zero-order chi connectivity index (χ0) is 15.1. The molecule has 3 rings (SSSR count). The van der Waals surface area contributed by atoms with Gasteiger partial charge in [-0.2, -0.15) is 4.98 Å². The predicted molar refractivity (Wildman–Crippen MR) is 68.7 cm³/mol. The summed E-state index contributed by atoms with van der Waals surface area (Å²) in [5.74, 6) is -0.0555. The van der Waals surface area contributed by atoms with Gasteiger partial charge in [0.2, 0.25) is 5.95 Å². The fraction of sp³-hybridized carbons (Fsp3) is 0.545. The normalized spacial score (nSPS) is 29.3. The third kappa shape index (κ3) is 2.13. The molecule has 4 atom stereocenters. The van der Waals surface area contributed by atoms with Gasteiger partial charge in [0.1, 0.15) is 23.8 Å². The maximum Gasteiger partial charge on any atom is 0.222 e. The molecule has 0 aromatic carbocycles. The standard InChI is InChI=1S/C11H15N5O5/c12-11-14-4(1-17)6-9(15-11)16(3-13-6)10-8(20)7(19)5(2-18)21-10/h3,5,7-8,10,17-20H,1-2H2,(H2,12,14,15)/t5-,7-,8-,10-/m1/s1. The van der Waals surface area contributed by atoms with E-state index in [1.807, 2.05) is 0 Å². The molecule has 1 fully saturated rings. The molecule has 0 bridgehead atoms. The highest BCUT2D eigenvalue weighted by Crippen LogP contribution is 2.31. The fourth-order valence-corrected chi connectivity index (χ4v) is 2.40. The number of fused-ring (bicyclic) bond motifs is 1. The Morgan fingerprint density at radius 2 is 2.00 bits per heavy atom. The van der Waals surface area contributed by atoms with Crippen LogP contribution in [0.15, 0.2) is 6.33 Å². The zero-order valence-electron chi connectivity index (χ0n) is 10.9. The Balaban J connectivity index is 2.07. The van der Waals surface area contributed by atoms with Crippen LogP contribution in [0.3, 0.4) is 0 Å². The lowest BCUT2D eigenvalue weighted by atomic mass is 10.1. The molecule has 0 amide bonds. The number of rotatable bonds is 3. The lowest BCUT2D eigenvalue weighted by Crippen LogP contribution is -2.33. The number of nitrogen functional groups attached to an aromatic ring is 1. The first-order chi connectivity index (χ1) is 10.1. The van der Waals surface area contributed by atoms with Crippen molar-refractivity contribution < 1.29 is 25.2 Å². The quantitative estimate of drug-likeness (QED) is 0.413. The van der Waals surface area contributed by atoms with Crippen LogP contribution in [0.1, 0.15) is 11.9 Å². The Kier molecular flexibility index (Phi) is 3.47. The van der Waals surface area contributed by atoms with Crippen molar-refractivity contribution in [3.05, 3.63) is 12.0 Å². The van der Waals surface area contributed by atoms with Crippen LogP contribution in [0, 0.1) is 0 Å². The number of ether oxygens (including phenoxy) is 1. The molecule has 0 saturated carbocycles. The molecule has 1 saturated heterocycles. The number of nitrogens with zero attached hydrogens (tertiary/aromatic N) is 4. The maximum absolute atomic E-state index is 10.0. The first kappa shape index (κ1) is 14.1. The van der Waals surface area contributed by atoms with Crippen molar-refractivity contribution in [2.24, 2.45) is 0 Å². The Hall–Kier alpha value is -1.85. The number of aromatic nitrogens is 4. The summed E-state index contributed by atoms with van der Waals surface area (Å²) in [7, 11) is 0. The average Bonchev–Trinajstić information content (AvgIpc) is 3.01. The molecule has 6 N–H and O–H groups in total. The second-order valence-corrected chi connectivity index (χ2v) is 4.74. The van der Waals surface area contributed by atoms with Crippen molar-refractivity contribution in [3.63, 3.8) is 0 Å². The molecule has 114 valence electrons. The van der Waals surface area contributed by atoms with Gasteiger partial charge in [-0.15, -0.1) is 0 Å². The van der Waals surface area contributed by atoms with Crippen molar-refractivity contribution in [1.82, 2.24) is 19.5 Å². The molecule has 0 radical (unpaired) electrons. The topological polar surface area (TPSA) is 160 Å². The van der Waals surface area contributed by atoms with E-state index in [0.29, 0.717) is 5.52 Å². The van der Waals surface area contributed by atoms with Crippen molar-refractivity contribution >= 4 is 17.1 Å². The largest absolute Gasteiger partial charge is 0.394 e. The first-order valence-corrected chi connectivity index (χ1v) is 6.29.